The summed E-state index contributed by atoms with van der Waals surface area (Å²) in [5.74, 6) is 0.982. The lowest BCUT2D eigenvalue weighted by molar-refractivity contribution is 0.305. The van der Waals surface area contributed by atoms with Gasteiger partial charge in [-0.25, -0.2) is 0 Å². The van der Waals surface area contributed by atoms with Gasteiger partial charge in [0, 0.05) is 5.92 Å². The minimum absolute atomic E-state index is 0.394. The highest BCUT2D eigenvalue weighted by atomic mass is 15.1. The zero-order valence-electron chi connectivity index (χ0n) is 17.4. The van der Waals surface area contributed by atoms with Crippen LogP contribution in [-0.2, 0) is 0 Å². The molecule has 0 spiro atoms. The fourth-order valence-corrected chi connectivity index (χ4v) is 4.92. The lowest BCUT2D eigenvalue weighted by Crippen LogP contribution is -2.50. The molecule has 0 aromatic heterocycles. The standard InChI is InChI=1S/C25H34BN/c1-6-7-8-13-21-18-25(24-17-12-11-16-23(21)24)26(22-14-9-10-15-22)27(19(2)3)20(4)5/h6,9-12,14-22H,1,7-8,13H2,2-5H3/t21-/m0/s1. The molecule has 0 saturated carbocycles. The SMILES string of the molecule is C=CCCC[C@H]1C=C(B(C2C=CC=C2)N(C(C)C)C(C)C)c2ccccc21. The van der Waals surface area contributed by atoms with Crippen molar-refractivity contribution in [3.63, 3.8) is 0 Å². The summed E-state index contributed by atoms with van der Waals surface area (Å²) in [4.78, 5) is 2.69. The highest BCUT2D eigenvalue weighted by Gasteiger charge is 2.40. The van der Waals surface area contributed by atoms with Gasteiger partial charge in [-0.1, -0.05) is 93.9 Å². The average molecular weight is 359 g/mol. The number of hydrogen-bond donors (Lipinski definition) is 0. The molecule has 27 heavy (non-hydrogen) atoms. The Balaban J connectivity index is 2.02. The van der Waals surface area contributed by atoms with E-state index >= 15 is 0 Å². The number of unbranched alkanes of at least 4 members (excludes halogenated alkanes) is 1. The quantitative estimate of drug-likeness (QED) is 0.270. The molecule has 2 aliphatic carbocycles. The Labute approximate surface area is 166 Å². The molecule has 1 aromatic rings. The first kappa shape index (κ1) is 20.0. The van der Waals surface area contributed by atoms with Crippen molar-refractivity contribution < 1.29 is 0 Å². The molecule has 2 aliphatic rings. The fourth-order valence-electron chi connectivity index (χ4n) is 4.92. The molecule has 1 nitrogen and oxygen atoms in total. The second-order valence-corrected chi connectivity index (χ2v) is 8.46. The zero-order chi connectivity index (χ0) is 19.4. The Morgan fingerprint density at radius 2 is 1.74 bits per heavy atom. The summed E-state index contributed by atoms with van der Waals surface area (Å²) in [6.07, 6.45) is 17.3. The molecule has 0 bridgehead atoms. The summed E-state index contributed by atoms with van der Waals surface area (Å²) in [6.45, 7) is 13.6. The Hall–Kier alpha value is -1.80. The van der Waals surface area contributed by atoms with E-state index in [1.807, 2.05) is 6.08 Å². The van der Waals surface area contributed by atoms with E-state index in [0.717, 1.165) is 6.42 Å². The minimum atomic E-state index is 0.394. The molecule has 0 N–H and O–H groups in total. The van der Waals surface area contributed by atoms with E-state index in [1.54, 1.807) is 0 Å². The van der Waals surface area contributed by atoms with Crippen molar-refractivity contribution in [1.82, 2.24) is 4.81 Å². The highest BCUT2D eigenvalue weighted by molar-refractivity contribution is 6.79. The van der Waals surface area contributed by atoms with E-state index in [0.29, 0.717) is 30.7 Å². The largest absolute Gasteiger partial charge is 0.333 e. The predicted molar refractivity (Wildman–Crippen MR) is 121 cm³/mol. The Bertz CT molecular complexity index is 720. The second kappa shape index (κ2) is 8.93. The summed E-state index contributed by atoms with van der Waals surface area (Å²) in [6, 6.07) is 10.1. The van der Waals surface area contributed by atoms with E-state index in [2.05, 4.69) is 93.7 Å². The third kappa shape index (κ3) is 4.22. The van der Waals surface area contributed by atoms with Crippen LogP contribution < -0.4 is 0 Å². The second-order valence-electron chi connectivity index (χ2n) is 8.46. The number of allylic oxidation sites excluding steroid dienone is 6. The first-order valence-electron chi connectivity index (χ1n) is 10.6. The minimum Gasteiger partial charge on any atom is -0.333 e. The van der Waals surface area contributed by atoms with Gasteiger partial charge in [0.1, 0.15) is 0 Å². The Kier molecular flexibility index (Phi) is 6.60. The summed E-state index contributed by atoms with van der Waals surface area (Å²) in [5, 5.41) is 0. The first-order chi connectivity index (χ1) is 13.0. The number of rotatable bonds is 9. The Morgan fingerprint density at radius 1 is 1.07 bits per heavy atom. The van der Waals surface area contributed by atoms with Crippen molar-refractivity contribution in [3.8, 4) is 0 Å². The molecule has 3 rings (SSSR count). The summed E-state index contributed by atoms with van der Waals surface area (Å²) >= 11 is 0. The molecule has 2 heteroatoms. The monoisotopic (exact) mass is 359 g/mol. The van der Waals surface area contributed by atoms with Crippen molar-refractivity contribution in [2.24, 2.45) is 0 Å². The van der Waals surface area contributed by atoms with Gasteiger partial charge >= 0.3 is 0 Å². The lowest BCUT2D eigenvalue weighted by Gasteiger charge is -2.39. The van der Waals surface area contributed by atoms with Crippen LogP contribution in [0, 0.1) is 0 Å². The van der Waals surface area contributed by atoms with Gasteiger partial charge in [-0.3, -0.25) is 0 Å². The average Bonchev–Trinajstić information content (AvgIpc) is 3.28. The van der Waals surface area contributed by atoms with Crippen LogP contribution in [0.1, 0.15) is 64.0 Å². The van der Waals surface area contributed by atoms with E-state index in [4.69, 9.17) is 0 Å². The normalized spacial score (nSPS) is 18.6. The summed E-state index contributed by atoms with van der Waals surface area (Å²) in [7, 11) is 0. The molecule has 0 heterocycles. The van der Waals surface area contributed by atoms with Crippen LogP contribution in [0.5, 0.6) is 0 Å². The molecule has 0 aliphatic heterocycles. The molecule has 0 saturated heterocycles. The van der Waals surface area contributed by atoms with E-state index < -0.39 is 0 Å². The third-order valence-electron chi connectivity index (χ3n) is 5.95. The van der Waals surface area contributed by atoms with Crippen LogP contribution in [0.4, 0.5) is 0 Å². The first-order valence-corrected chi connectivity index (χ1v) is 10.6. The zero-order valence-corrected chi connectivity index (χ0v) is 17.4. The van der Waals surface area contributed by atoms with Crippen LogP contribution in [0.25, 0.3) is 5.47 Å². The maximum atomic E-state index is 3.89. The number of fused-ring (bicyclic) bond motifs is 1. The van der Waals surface area contributed by atoms with Crippen LogP contribution in [0.15, 0.2) is 67.3 Å². The van der Waals surface area contributed by atoms with Crippen LogP contribution in [-0.4, -0.2) is 23.7 Å². The molecular formula is C25H34BN. The van der Waals surface area contributed by atoms with Crippen LogP contribution >= 0.6 is 0 Å². The van der Waals surface area contributed by atoms with E-state index in [1.165, 1.54) is 29.4 Å². The van der Waals surface area contributed by atoms with Gasteiger partial charge in [-0.05, 0) is 48.3 Å². The number of hydrogen-bond acceptors (Lipinski definition) is 1. The van der Waals surface area contributed by atoms with Crippen molar-refractivity contribution in [1.29, 1.82) is 0 Å². The predicted octanol–water partition coefficient (Wildman–Crippen LogP) is 6.67. The highest BCUT2D eigenvalue weighted by Crippen LogP contribution is 2.44. The maximum absolute atomic E-state index is 3.89. The van der Waals surface area contributed by atoms with Crippen molar-refractivity contribution >= 4 is 12.3 Å². The molecule has 142 valence electrons. The maximum Gasteiger partial charge on any atom is 0.269 e. The molecule has 0 fully saturated rings. The molecule has 1 aromatic carbocycles. The smallest absolute Gasteiger partial charge is 0.269 e. The van der Waals surface area contributed by atoms with Gasteiger partial charge in [0.05, 0.1) is 0 Å². The van der Waals surface area contributed by atoms with Gasteiger partial charge in [-0.2, -0.15) is 0 Å². The third-order valence-corrected chi connectivity index (χ3v) is 5.95. The summed E-state index contributed by atoms with van der Waals surface area (Å²) < 4.78 is 0. The Morgan fingerprint density at radius 3 is 2.37 bits per heavy atom. The molecule has 1 atom stereocenters. The van der Waals surface area contributed by atoms with Crippen LogP contribution in [0.2, 0.25) is 5.82 Å². The van der Waals surface area contributed by atoms with Gasteiger partial charge in [-0.15, -0.1) is 6.58 Å². The lowest BCUT2D eigenvalue weighted by atomic mass is 9.43. The molecule has 0 unspecified atom stereocenters. The van der Waals surface area contributed by atoms with Gasteiger partial charge < -0.3 is 4.81 Å². The topological polar surface area (TPSA) is 3.24 Å². The van der Waals surface area contributed by atoms with Crippen molar-refractivity contribution in [3.05, 3.63) is 78.4 Å². The van der Waals surface area contributed by atoms with Gasteiger partial charge in [0.2, 0.25) is 0 Å². The fraction of sp³-hybridized carbons (Fsp3) is 0.440. The van der Waals surface area contributed by atoms with Crippen molar-refractivity contribution in [2.75, 3.05) is 0 Å². The van der Waals surface area contributed by atoms with E-state index in [-0.39, 0.29) is 0 Å². The molecule has 0 amide bonds. The van der Waals surface area contributed by atoms with Gasteiger partial charge in [0.25, 0.3) is 6.85 Å². The van der Waals surface area contributed by atoms with Crippen LogP contribution in [0.3, 0.4) is 0 Å². The van der Waals surface area contributed by atoms with Crippen molar-refractivity contribution in [2.45, 2.75) is 70.8 Å². The number of benzene rings is 1. The number of nitrogens with zero attached hydrogens (tertiary/aromatic N) is 1. The molecular weight excluding hydrogens is 325 g/mol. The van der Waals surface area contributed by atoms with E-state index in [9.17, 15) is 0 Å². The molecule has 0 radical (unpaired) electrons. The summed E-state index contributed by atoms with van der Waals surface area (Å²) in [5.41, 5.74) is 4.50. The van der Waals surface area contributed by atoms with Gasteiger partial charge in [0.15, 0.2) is 0 Å².